The Balaban J connectivity index is 1.53. The molecule has 3 rings (SSSR count). The van der Waals surface area contributed by atoms with Crippen LogP contribution in [0.2, 0.25) is 0 Å². The zero-order valence-corrected chi connectivity index (χ0v) is 11.2. The molecule has 3 aromatic rings. The predicted molar refractivity (Wildman–Crippen MR) is 71.8 cm³/mol. The molecule has 1 amide bonds. The van der Waals surface area contributed by atoms with Gasteiger partial charge in [-0.25, -0.2) is 9.67 Å². The molecule has 0 bridgehead atoms. The molecule has 102 valence electrons. The molecular weight excluding hydrogens is 278 g/mol. The zero-order chi connectivity index (χ0) is 13.8. The summed E-state index contributed by atoms with van der Waals surface area (Å²) < 4.78 is 6.47. The van der Waals surface area contributed by atoms with E-state index in [0.29, 0.717) is 13.0 Å². The van der Waals surface area contributed by atoms with Crippen LogP contribution >= 0.6 is 11.3 Å². The molecule has 0 aliphatic heterocycles. The van der Waals surface area contributed by atoms with E-state index in [1.54, 1.807) is 10.9 Å². The van der Waals surface area contributed by atoms with E-state index in [0.717, 1.165) is 10.8 Å². The highest BCUT2D eigenvalue weighted by Crippen LogP contribution is 2.13. The van der Waals surface area contributed by atoms with Crippen LogP contribution in [0, 0.1) is 0 Å². The lowest BCUT2D eigenvalue weighted by atomic mass is 10.3. The first kappa shape index (κ1) is 12.5. The second-order valence-corrected chi connectivity index (χ2v) is 4.79. The second-order valence-electron chi connectivity index (χ2n) is 3.95. The fourth-order valence-electron chi connectivity index (χ4n) is 1.62. The van der Waals surface area contributed by atoms with Crippen LogP contribution in [0.1, 0.15) is 16.2 Å². The minimum atomic E-state index is -0.273. The van der Waals surface area contributed by atoms with Gasteiger partial charge in [0.25, 0.3) is 5.91 Å². The van der Waals surface area contributed by atoms with Crippen molar-refractivity contribution in [2.75, 3.05) is 6.54 Å². The molecule has 0 radical (unpaired) electrons. The fraction of sp³-hybridized carbons (Fsp3) is 0.167. The Morgan fingerprint density at radius 1 is 1.45 bits per heavy atom. The summed E-state index contributed by atoms with van der Waals surface area (Å²) in [6.07, 6.45) is 5.64. The lowest BCUT2D eigenvalue weighted by Crippen LogP contribution is -2.25. The number of hydrogen-bond acceptors (Lipinski definition) is 6. The first-order valence-corrected chi connectivity index (χ1v) is 6.84. The van der Waals surface area contributed by atoms with Gasteiger partial charge < -0.3 is 9.84 Å². The van der Waals surface area contributed by atoms with Crippen LogP contribution in [0.3, 0.4) is 0 Å². The van der Waals surface area contributed by atoms with E-state index in [9.17, 15) is 4.79 Å². The summed E-state index contributed by atoms with van der Waals surface area (Å²) in [6.45, 7) is 0.488. The molecule has 3 heterocycles. The predicted octanol–water partition coefficient (Wildman–Crippen LogP) is 1.29. The maximum Gasteiger partial charge on any atom is 0.289 e. The molecule has 0 aliphatic carbocycles. The Kier molecular flexibility index (Phi) is 3.55. The minimum absolute atomic E-state index is 0.209. The highest BCUT2D eigenvalue weighted by molar-refractivity contribution is 7.12. The van der Waals surface area contributed by atoms with Crippen molar-refractivity contribution in [3.05, 3.63) is 47.6 Å². The Morgan fingerprint density at radius 3 is 3.15 bits per heavy atom. The standard InChI is InChI=1S/C12H11N5O2S/c18-11(10-3-6-15-19-10)13-5-2-9-8-20-12(16-9)17-7-1-4-14-17/h1,3-4,6-8H,2,5H2,(H,13,18). The van der Waals surface area contributed by atoms with Crippen LogP contribution in [0.15, 0.2) is 40.6 Å². The third kappa shape index (κ3) is 2.75. The molecule has 20 heavy (non-hydrogen) atoms. The SMILES string of the molecule is O=C(NCCc1csc(-n2cccn2)n1)c1ccno1. The van der Waals surface area contributed by atoms with Gasteiger partial charge in [-0.05, 0) is 6.07 Å². The molecule has 0 spiro atoms. The van der Waals surface area contributed by atoms with E-state index in [2.05, 4.69) is 20.6 Å². The molecule has 8 heteroatoms. The summed E-state index contributed by atoms with van der Waals surface area (Å²) in [5.74, 6) is -0.0643. The number of nitrogens with one attached hydrogen (secondary N) is 1. The second kappa shape index (κ2) is 5.66. The topological polar surface area (TPSA) is 85.8 Å². The summed E-state index contributed by atoms with van der Waals surface area (Å²) >= 11 is 1.51. The number of carbonyl (C=O) groups excluding carboxylic acids is 1. The molecule has 1 N–H and O–H groups in total. The molecule has 0 saturated heterocycles. The quantitative estimate of drug-likeness (QED) is 0.765. The van der Waals surface area contributed by atoms with Gasteiger partial charge >= 0.3 is 0 Å². The van der Waals surface area contributed by atoms with Gasteiger partial charge in [-0.15, -0.1) is 11.3 Å². The third-order valence-electron chi connectivity index (χ3n) is 2.57. The summed E-state index contributed by atoms with van der Waals surface area (Å²) in [6, 6.07) is 3.37. The van der Waals surface area contributed by atoms with Gasteiger partial charge in [-0.3, -0.25) is 4.79 Å². The summed E-state index contributed by atoms with van der Waals surface area (Å²) in [5, 5.41) is 13.1. The maximum absolute atomic E-state index is 11.6. The number of thiazole rings is 1. The van der Waals surface area contributed by atoms with Gasteiger partial charge in [0, 0.05) is 36.8 Å². The molecule has 0 aliphatic rings. The molecule has 0 saturated carbocycles. The van der Waals surface area contributed by atoms with Crippen LogP contribution in [-0.2, 0) is 6.42 Å². The number of hydrogen-bond donors (Lipinski definition) is 1. The van der Waals surface area contributed by atoms with Gasteiger partial charge in [0.05, 0.1) is 11.9 Å². The van der Waals surface area contributed by atoms with Gasteiger partial charge in [-0.2, -0.15) is 5.10 Å². The molecule has 0 unspecified atom stereocenters. The first-order valence-electron chi connectivity index (χ1n) is 5.96. The zero-order valence-electron chi connectivity index (χ0n) is 10.4. The van der Waals surface area contributed by atoms with Crippen LogP contribution in [0.5, 0.6) is 0 Å². The van der Waals surface area contributed by atoms with E-state index in [-0.39, 0.29) is 11.7 Å². The number of carbonyl (C=O) groups is 1. The van der Waals surface area contributed by atoms with Crippen molar-refractivity contribution in [1.29, 1.82) is 0 Å². The van der Waals surface area contributed by atoms with Gasteiger partial charge in [0.1, 0.15) is 0 Å². The Morgan fingerprint density at radius 2 is 2.40 bits per heavy atom. The molecular formula is C12H11N5O2S. The van der Waals surface area contributed by atoms with Crippen molar-refractivity contribution in [2.45, 2.75) is 6.42 Å². The Hall–Kier alpha value is -2.48. The number of amides is 1. The number of nitrogens with zero attached hydrogens (tertiary/aromatic N) is 4. The van der Waals surface area contributed by atoms with Gasteiger partial charge in [0.2, 0.25) is 10.9 Å². The average molecular weight is 289 g/mol. The normalized spacial score (nSPS) is 10.6. The van der Waals surface area contributed by atoms with E-state index >= 15 is 0 Å². The van der Waals surface area contributed by atoms with Crippen LogP contribution in [0.25, 0.3) is 5.13 Å². The smallest absolute Gasteiger partial charge is 0.289 e. The first-order chi connectivity index (χ1) is 9.83. The van der Waals surface area contributed by atoms with Crippen molar-refractivity contribution < 1.29 is 9.32 Å². The van der Waals surface area contributed by atoms with E-state index < -0.39 is 0 Å². The van der Waals surface area contributed by atoms with E-state index in [4.69, 9.17) is 4.52 Å². The lowest BCUT2D eigenvalue weighted by molar-refractivity contribution is 0.0917. The van der Waals surface area contributed by atoms with Gasteiger partial charge in [0.15, 0.2) is 0 Å². The third-order valence-corrected chi connectivity index (χ3v) is 3.45. The molecule has 3 aromatic heterocycles. The van der Waals surface area contributed by atoms with Gasteiger partial charge in [-0.1, -0.05) is 5.16 Å². The number of aromatic nitrogens is 4. The fourth-order valence-corrected chi connectivity index (χ4v) is 2.42. The minimum Gasteiger partial charge on any atom is -0.351 e. The Bertz CT molecular complexity index is 675. The van der Waals surface area contributed by atoms with Crippen LogP contribution in [-0.4, -0.2) is 32.4 Å². The highest BCUT2D eigenvalue weighted by Gasteiger charge is 2.09. The maximum atomic E-state index is 11.6. The van der Waals surface area contributed by atoms with E-state index in [1.165, 1.54) is 23.6 Å². The number of rotatable bonds is 5. The van der Waals surface area contributed by atoms with Crippen molar-refractivity contribution in [3.63, 3.8) is 0 Å². The summed E-state index contributed by atoms with van der Waals surface area (Å²) in [4.78, 5) is 16.1. The van der Waals surface area contributed by atoms with E-state index in [1.807, 2.05) is 17.6 Å². The van der Waals surface area contributed by atoms with Crippen LogP contribution in [0.4, 0.5) is 0 Å². The molecule has 0 aromatic carbocycles. The lowest BCUT2D eigenvalue weighted by Gasteiger charge is -2.00. The highest BCUT2D eigenvalue weighted by atomic mass is 32.1. The average Bonchev–Trinajstić information content (AvgIpc) is 3.20. The molecule has 7 nitrogen and oxygen atoms in total. The summed E-state index contributed by atoms with van der Waals surface area (Å²) in [5.41, 5.74) is 0.915. The Labute approximate surface area is 118 Å². The van der Waals surface area contributed by atoms with Crippen molar-refractivity contribution in [2.24, 2.45) is 0 Å². The van der Waals surface area contributed by atoms with Crippen molar-refractivity contribution in [3.8, 4) is 5.13 Å². The van der Waals surface area contributed by atoms with Crippen LogP contribution < -0.4 is 5.32 Å². The molecule has 0 atom stereocenters. The monoisotopic (exact) mass is 289 g/mol. The summed E-state index contributed by atoms with van der Waals surface area (Å²) in [7, 11) is 0. The van der Waals surface area contributed by atoms with Crippen molar-refractivity contribution in [1.82, 2.24) is 25.2 Å². The largest absolute Gasteiger partial charge is 0.351 e. The van der Waals surface area contributed by atoms with Crippen molar-refractivity contribution >= 4 is 17.2 Å². The molecule has 0 fully saturated rings.